The number of benzene rings is 1. The van der Waals surface area contributed by atoms with E-state index in [1.165, 1.54) is 0 Å². The summed E-state index contributed by atoms with van der Waals surface area (Å²) < 4.78 is 8.55. The van der Waals surface area contributed by atoms with E-state index in [0.717, 1.165) is 50.4 Å². The van der Waals surface area contributed by atoms with Gasteiger partial charge in [0.2, 0.25) is 0 Å². The Labute approximate surface area is 212 Å². The molecule has 0 saturated carbocycles. The standard InChI is InChI=1S/C29H32ClN3O2/c1-17-19(3)33(16-23-10-8-9-15-31-23)28-24(17)26(21-11-13-22(30)14-12-21)25(18(2)32-28)27(20(4)34)35-29(5,6)7/h8-15,27H,16H2,1-7H3. The molecule has 4 aromatic rings. The van der Waals surface area contributed by atoms with Gasteiger partial charge in [0, 0.05) is 39.1 Å². The van der Waals surface area contributed by atoms with Gasteiger partial charge in [-0.3, -0.25) is 9.78 Å². The Morgan fingerprint density at radius 2 is 1.77 bits per heavy atom. The maximum absolute atomic E-state index is 13.0. The summed E-state index contributed by atoms with van der Waals surface area (Å²) in [4.78, 5) is 22.6. The Bertz CT molecular complexity index is 1380. The topological polar surface area (TPSA) is 57.0 Å². The molecule has 0 N–H and O–H groups in total. The number of rotatable bonds is 6. The van der Waals surface area contributed by atoms with Crippen molar-refractivity contribution >= 4 is 28.4 Å². The fourth-order valence-electron chi connectivity index (χ4n) is 4.58. The number of aromatic nitrogens is 3. The van der Waals surface area contributed by atoms with E-state index in [1.54, 1.807) is 13.1 Å². The van der Waals surface area contributed by atoms with Gasteiger partial charge >= 0.3 is 0 Å². The van der Waals surface area contributed by atoms with Crippen LogP contribution in [0, 0.1) is 20.8 Å². The number of ether oxygens (including phenoxy) is 1. The van der Waals surface area contributed by atoms with Gasteiger partial charge < -0.3 is 9.30 Å². The highest BCUT2D eigenvalue weighted by Crippen LogP contribution is 2.42. The van der Waals surface area contributed by atoms with Crippen LogP contribution in [-0.2, 0) is 16.1 Å². The first-order valence-corrected chi connectivity index (χ1v) is 12.2. The lowest BCUT2D eigenvalue weighted by atomic mass is 9.90. The lowest BCUT2D eigenvalue weighted by Crippen LogP contribution is -2.27. The number of halogens is 1. The number of carbonyl (C=O) groups is 1. The van der Waals surface area contributed by atoms with Crippen LogP contribution in [-0.4, -0.2) is 25.9 Å². The van der Waals surface area contributed by atoms with Gasteiger partial charge in [-0.1, -0.05) is 29.8 Å². The second-order valence-corrected chi connectivity index (χ2v) is 10.5. The molecule has 0 aliphatic carbocycles. The minimum absolute atomic E-state index is 0.0540. The molecule has 0 amide bonds. The third kappa shape index (κ3) is 5.02. The van der Waals surface area contributed by atoms with Crippen LogP contribution in [0.2, 0.25) is 5.02 Å². The average molecular weight is 490 g/mol. The van der Waals surface area contributed by atoms with E-state index in [4.69, 9.17) is 21.3 Å². The summed E-state index contributed by atoms with van der Waals surface area (Å²) in [6.45, 7) is 14.3. The lowest BCUT2D eigenvalue weighted by Gasteiger charge is -2.29. The lowest BCUT2D eigenvalue weighted by molar-refractivity contribution is -0.138. The van der Waals surface area contributed by atoms with E-state index in [2.05, 4.69) is 23.4 Å². The molecule has 0 aliphatic heterocycles. The minimum atomic E-state index is -0.739. The van der Waals surface area contributed by atoms with Crippen LogP contribution < -0.4 is 0 Å². The molecule has 3 aromatic heterocycles. The van der Waals surface area contributed by atoms with E-state index in [1.807, 2.05) is 70.2 Å². The molecule has 5 nitrogen and oxygen atoms in total. The van der Waals surface area contributed by atoms with Gasteiger partial charge in [-0.2, -0.15) is 0 Å². The van der Waals surface area contributed by atoms with Crippen molar-refractivity contribution in [3.8, 4) is 11.1 Å². The number of nitrogens with zero attached hydrogens (tertiary/aromatic N) is 3. The second kappa shape index (κ2) is 9.56. The molecule has 1 unspecified atom stereocenters. The number of aryl methyl sites for hydroxylation is 2. The number of ketones is 1. The molecule has 0 fully saturated rings. The van der Waals surface area contributed by atoms with Crippen molar-refractivity contribution in [1.82, 2.24) is 14.5 Å². The number of Topliss-reactive ketones (excluding diaryl/α,β-unsaturated/α-hetero) is 1. The van der Waals surface area contributed by atoms with Crippen LogP contribution in [0.25, 0.3) is 22.2 Å². The van der Waals surface area contributed by atoms with Gasteiger partial charge in [-0.15, -0.1) is 0 Å². The van der Waals surface area contributed by atoms with Crippen LogP contribution in [0.4, 0.5) is 0 Å². The maximum atomic E-state index is 13.0. The molecular formula is C29H32ClN3O2. The SMILES string of the molecule is CC(=O)C(OC(C)(C)C)c1c(C)nc2c(c(C)c(C)n2Cc2ccccn2)c1-c1ccc(Cl)cc1. The van der Waals surface area contributed by atoms with Crippen LogP contribution in [0.5, 0.6) is 0 Å². The van der Waals surface area contributed by atoms with Crippen molar-refractivity contribution in [3.05, 3.63) is 81.9 Å². The van der Waals surface area contributed by atoms with Gasteiger partial charge in [0.15, 0.2) is 5.78 Å². The highest BCUT2D eigenvalue weighted by atomic mass is 35.5. The van der Waals surface area contributed by atoms with Crippen molar-refractivity contribution < 1.29 is 9.53 Å². The molecule has 1 aromatic carbocycles. The normalized spacial score (nSPS) is 12.8. The Hall–Kier alpha value is -3.02. The van der Waals surface area contributed by atoms with Crippen molar-refractivity contribution in [2.24, 2.45) is 0 Å². The van der Waals surface area contributed by atoms with E-state index in [-0.39, 0.29) is 5.78 Å². The van der Waals surface area contributed by atoms with Crippen LogP contribution in [0.1, 0.15) is 62.0 Å². The highest BCUT2D eigenvalue weighted by molar-refractivity contribution is 6.30. The van der Waals surface area contributed by atoms with Crippen LogP contribution >= 0.6 is 11.6 Å². The largest absolute Gasteiger partial charge is 0.360 e. The first-order valence-electron chi connectivity index (χ1n) is 11.8. The smallest absolute Gasteiger partial charge is 0.163 e. The summed E-state index contributed by atoms with van der Waals surface area (Å²) in [5.41, 5.74) is 7.07. The number of hydrogen-bond acceptors (Lipinski definition) is 4. The number of carbonyl (C=O) groups excluding carboxylic acids is 1. The van der Waals surface area contributed by atoms with Crippen molar-refractivity contribution in [2.45, 2.75) is 66.7 Å². The Kier molecular flexibility index (Phi) is 6.85. The maximum Gasteiger partial charge on any atom is 0.163 e. The van der Waals surface area contributed by atoms with Gasteiger partial charge in [0.25, 0.3) is 0 Å². The molecular weight excluding hydrogens is 458 g/mol. The first-order chi connectivity index (χ1) is 16.5. The van der Waals surface area contributed by atoms with E-state index in [0.29, 0.717) is 11.6 Å². The predicted octanol–water partition coefficient (Wildman–Crippen LogP) is 7.17. The third-order valence-electron chi connectivity index (χ3n) is 6.27. The molecule has 0 radical (unpaired) electrons. The molecule has 0 spiro atoms. The Morgan fingerprint density at radius 3 is 2.34 bits per heavy atom. The molecule has 0 bridgehead atoms. The minimum Gasteiger partial charge on any atom is -0.360 e. The number of pyridine rings is 2. The zero-order valence-corrected chi connectivity index (χ0v) is 22.2. The number of fused-ring (bicyclic) bond motifs is 1. The molecule has 1 atom stereocenters. The molecule has 0 saturated heterocycles. The van der Waals surface area contributed by atoms with Gasteiger partial charge in [-0.25, -0.2) is 4.98 Å². The molecule has 3 heterocycles. The first kappa shape index (κ1) is 25.1. The van der Waals surface area contributed by atoms with E-state index in [9.17, 15) is 4.79 Å². The monoisotopic (exact) mass is 489 g/mol. The fraction of sp³-hybridized carbons (Fsp3) is 0.345. The summed E-state index contributed by atoms with van der Waals surface area (Å²) in [6.07, 6.45) is 1.07. The average Bonchev–Trinajstić information content (AvgIpc) is 3.02. The molecule has 6 heteroatoms. The van der Waals surface area contributed by atoms with Crippen LogP contribution in [0.3, 0.4) is 0 Å². The summed E-state index contributed by atoms with van der Waals surface area (Å²) in [5.74, 6) is -0.0540. The van der Waals surface area contributed by atoms with Gasteiger partial charge in [-0.05, 0) is 83.9 Å². The summed E-state index contributed by atoms with van der Waals surface area (Å²) in [6, 6.07) is 13.7. The van der Waals surface area contributed by atoms with Crippen LogP contribution in [0.15, 0.2) is 48.7 Å². The summed E-state index contributed by atoms with van der Waals surface area (Å²) in [5, 5.41) is 1.68. The van der Waals surface area contributed by atoms with Gasteiger partial charge in [0.1, 0.15) is 11.8 Å². The molecule has 0 aliphatic rings. The molecule has 182 valence electrons. The van der Waals surface area contributed by atoms with Crippen molar-refractivity contribution in [1.29, 1.82) is 0 Å². The highest BCUT2D eigenvalue weighted by Gasteiger charge is 2.32. The zero-order chi connectivity index (χ0) is 25.5. The second-order valence-electron chi connectivity index (χ2n) is 10.0. The predicted molar refractivity (Wildman–Crippen MR) is 142 cm³/mol. The Morgan fingerprint density at radius 1 is 1.09 bits per heavy atom. The Balaban J connectivity index is 2.08. The molecule has 4 rings (SSSR count). The fourth-order valence-corrected chi connectivity index (χ4v) is 4.70. The third-order valence-corrected chi connectivity index (χ3v) is 6.52. The molecule has 35 heavy (non-hydrogen) atoms. The van der Waals surface area contributed by atoms with E-state index >= 15 is 0 Å². The zero-order valence-electron chi connectivity index (χ0n) is 21.4. The quantitative estimate of drug-likeness (QED) is 0.288. The summed E-state index contributed by atoms with van der Waals surface area (Å²) >= 11 is 6.24. The van der Waals surface area contributed by atoms with Crippen molar-refractivity contribution in [3.63, 3.8) is 0 Å². The van der Waals surface area contributed by atoms with E-state index < -0.39 is 11.7 Å². The summed E-state index contributed by atoms with van der Waals surface area (Å²) in [7, 11) is 0. The van der Waals surface area contributed by atoms with Gasteiger partial charge in [0.05, 0.1) is 17.8 Å². The van der Waals surface area contributed by atoms with Crippen molar-refractivity contribution in [2.75, 3.05) is 0 Å². The number of hydrogen-bond donors (Lipinski definition) is 0.